The summed E-state index contributed by atoms with van der Waals surface area (Å²) in [6.45, 7) is 2.90. The van der Waals surface area contributed by atoms with E-state index in [1.165, 1.54) is 0 Å². The highest BCUT2D eigenvalue weighted by molar-refractivity contribution is 5.98. The SMILES string of the molecule is COCc1cn(CC2CCN(C(=O)c3ccc4[nH]ccc4c3)CC2)nn1. The molecule has 1 saturated heterocycles. The van der Waals surface area contributed by atoms with Crippen LogP contribution in [0.4, 0.5) is 0 Å². The molecule has 7 heteroatoms. The van der Waals surface area contributed by atoms with Crippen molar-refractivity contribution in [2.24, 2.45) is 5.92 Å². The van der Waals surface area contributed by atoms with Gasteiger partial charge in [-0.25, -0.2) is 0 Å². The van der Waals surface area contributed by atoms with Gasteiger partial charge in [-0.2, -0.15) is 0 Å². The normalized spacial score (nSPS) is 15.7. The number of rotatable bonds is 5. The van der Waals surface area contributed by atoms with Gasteiger partial charge < -0.3 is 14.6 Å². The lowest BCUT2D eigenvalue weighted by atomic mass is 9.96. The molecule has 1 aromatic carbocycles. The Balaban J connectivity index is 1.34. The van der Waals surface area contributed by atoms with Crippen molar-refractivity contribution in [1.29, 1.82) is 0 Å². The molecule has 4 rings (SSSR count). The van der Waals surface area contributed by atoms with Crippen molar-refractivity contribution >= 4 is 16.8 Å². The maximum absolute atomic E-state index is 12.8. The second-order valence-electron chi connectivity index (χ2n) is 6.88. The molecule has 0 spiro atoms. The first-order chi connectivity index (χ1) is 12.7. The van der Waals surface area contributed by atoms with Gasteiger partial charge in [0.1, 0.15) is 5.69 Å². The van der Waals surface area contributed by atoms with Crippen LogP contribution in [0.5, 0.6) is 0 Å². The molecule has 0 atom stereocenters. The van der Waals surface area contributed by atoms with E-state index in [9.17, 15) is 4.79 Å². The molecule has 3 aromatic rings. The molecule has 0 bridgehead atoms. The maximum atomic E-state index is 12.8. The molecular weight excluding hydrogens is 330 g/mol. The number of aromatic nitrogens is 4. The Morgan fingerprint density at radius 1 is 1.31 bits per heavy atom. The van der Waals surface area contributed by atoms with E-state index in [1.54, 1.807) is 7.11 Å². The minimum absolute atomic E-state index is 0.120. The molecule has 0 aliphatic carbocycles. The van der Waals surface area contributed by atoms with Crippen LogP contribution in [0, 0.1) is 5.92 Å². The van der Waals surface area contributed by atoms with Crippen molar-refractivity contribution in [3.8, 4) is 0 Å². The minimum atomic E-state index is 0.120. The number of aromatic amines is 1. The van der Waals surface area contributed by atoms with Gasteiger partial charge in [0, 0.05) is 49.4 Å². The number of carbonyl (C=O) groups is 1. The first kappa shape index (κ1) is 16.8. The van der Waals surface area contributed by atoms with E-state index in [1.807, 2.05) is 46.2 Å². The fourth-order valence-corrected chi connectivity index (χ4v) is 3.59. The highest BCUT2D eigenvalue weighted by atomic mass is 16.5. The van der Waals surface area contributed by atoms with E-state index in [4.69, 9.17) is 4.74 Å². The molecule has 0 saturated carbocycles. The summed E-state index contributed by atoms with van der Waals surface area (Å²) in [4.78, 5) is 17.9. The van der Waals surface area contributed by atoms with E-state index in [0.717, 1.165) is 54.6 Å². The monoisotopic (exact) mass is 353 g/mol. The average molecular weight is 353 g/mol. The van der Waals surface area contributed by atoms with Crippen LogP contribution in [-0.2, 0) is 17.9 Å². The van der Waals surface area contributed by atoms with Gasteiger partial charge in [-0.05, 0) is 43.0 Å². The molecule has 2 aromatic heterocycles. The smallest absolute Gasteiger partial charge is 0.253 e. The zero-order valence-corrected chi connectivity index (χ0v) is 14.9. The molecular formula is C19H23N5O2. The Morgan fingerprint density at radius 3 is 2.96 bits per heavy atom. The maximum Gasteiger partial charge on any atom is 0.253 e. The summed E-state index contributed by atoms with van der Waals surface area (Å²) >= 11 is 0. The Morgan fingerprint density at radius 2 is 2.15 bits per heavy atom. The summed E-state index contributed by atoms with van der Waals surface area (Å²) in [6.07, 6.45) is 5.80. The predicted octanol–water partition coefficient (Wildman–Crippen LogP) is 2.46. The topological polar surface area (TPSA) is 76.0 Å². The number of hydrogen-bond donors (Lipinski definition) is 1. The number of H-pyrrole nitrogens is 1. The Kier molecular flexibility index (Phi) is 4.71. The molecule has 1 aliphatic heterocycles. The van der Waals surface area contributed by atoms with Crippen LogP contribution >= 0.6 is 0 Å². The van der Waals surface area contributed by atoms with E-state index in [2.05, 4.69) is 15.3 Å². The molecule has 1 aliphatic rings. The van der Waals surface area contributed by atoms with Crippen molar-refractivity contribution in [3.05, 3.63) is 47.9 Å². The number of nitrogens with zero attached hydrogens (tertiary/aromatic N) is 4. The molecule has 3 heterocycles. The van der Waals surface area contributed by atoms with Gasteiger partial charge in [0.2, 0.25) is 0 Å². The van der Waals surface area contributed by atoms with Crippen LogP contribution in [-0.4, -0.2) is 51.0 Å². The highest BCUT2D eigenvalue weighted by Crippen LogP contribution is 2.22. The van der Waals surface area contributed by atoms with Gasteiger partial charge >= 0.3 is 0 Å². The fraction of sp³-hybridized carbons (Fsp3) is 0.421. The molecule has 1 N–H and O–H groups in total. The Labute approximate surface area is 151 Å². The molecule has 0 unspecified atom stereocenters. The third kappa shape index (κ3) is 3.48. The van der Waals surface area contributed by atoms with E-state index < -0.39 is 0 Å². The number of likely N-dealkylation sites (tertiary alicyclic amines) is 1. The van der Waals surface area contributed by atoms with Crippen LogP contribution in [0.15, 0.2) is 36.7 Å². The number of benzene rings is 1. The molecule has 136 valence electrons. The fourth-order valence-electron chi connectivity index (χ4n) is 3.59. The molecule has 7 nitrogen and oxygen atoms in total. The summed E-state index contributed by atoms with van der Waals surface area (Å²) in [5.41, 5.74) is 2.66. The predicted molar refractivity (Wildman–Crippen MR) is 97.7 cm³/mol. The van der Waals surface area contributed by atoms with E-state index >= 15 is 0 Å². The number of piperidine rings is 1. The van der Waals surface area contributed by atoms with Gasteiger partial charge in [0.05, 0.1) is 12.8 Å². The quantitative estimate of drug-likeness (QED) is 0.764. The van der Waals surface area contributed by atoms with Gasteiger partial charge in [0.15, 0.2) is 0 Å². The van der Waals surface area contributed by atoms with Gasteiger partial charge in [-0.1, -0.05) is 5.21 Å². The van der Waals surface area contributed by atoms with Crippen molar-refractivity contribution in [2.75, 3.05) is 20.2 Å². The van der Waals surface area contributed by atoms with Gasteiger partial charge in [0.25, 0.3) is 5.91 Å². The van der Waals surface area contributed by atoms with Crippen molar-refractivity contribution in [2.45, 2.75) is 26.0 Å². The van der Waals surface area contributed by atoms with E-state index in [-0.39, 0.29) is 5.91 Å². The number of carbonyl (C=O) groups excluding carboxylic acids is 1. The second kappa shape index (κ2) is 7.29. The number of hydrogen-bond acceptors (Lipinski definition) is 4. The van der Waals surface area contributed by atoms with Gasteiger partial charge in [-0.15, -0.1) is 5.10 Å². The lowest BCUT2D eigenvalue weighted by Gasteiger charge is -2.32. The third-order valence-corrected chi connectivity index (χ3v) is 5.03. The summed E-state index contributed by atoms with van der Waals surface area (Å²) in [5.74, 6) is 0.637. The molecule has 1 amide bonds. The lowest BCUT2D eigenvalue weighted by Crippen LogP contribution is -2.39. The minimum Gasteiger partial charge on any atom is -0.378 e. The Bertz CT molecular complexity index is 892. The molecule has 1 fully saturated rings. The van der Waals surface area contributed by atoms with Crippen molar-refractivity contribution in [3.63, 3.8) is 0 Å². The van der Waals surface area contributed by atoms with Crippen LogP contribution in [0.3, 0.4) is 0 Å². The van der Waals surface area contributed by atoms with Crippen molar-refractivity contribution in [1.82, 2.24) is 24.9 Å². The zero-order chi connectivity index (χ0) is 17.9. The highest BCUT2D eigenvalue weighted by Gasteiger charge is 2.24. The number of ether oxygens (including phenoxy) is 1. The third-order valence-electron chi connectivity index (χ3n) is 5.03. The summed E-state index contributed by atoms with van der Waals surface area (Å²) < 4.78 is 6.96. The summed E-state index contributed by atoms with van der Waals surface area (Å²) in [5, 5.41) is 9.33. The van der Waals surface area contributed by atoms with Gasteiger partial charge in [-0.3, -0.25) is 9.48 Å². The molecule has 26 heavy (non-hydrogen) atoms. The van der Waals surface area contributed by atoms with Crippen LogP contribution in [0.1, 0.15) is 28.9 Å². The van der Waals surface area contributed by atoms with Crippen LogP contribution < -0.4 is 0 Å². The summed E-state index contributed by atoms with van der Waals surface area (Å²) in [7, 11) is 1.65. The number of methoxy groups -OCH3 is 1. The van der Waals surface area contributed by atoms with Crippen LogP contribution in [0.2, 0.25) is 0 Å². The largest absolute Gasteiger partial charge is 0.378 e. The lowest BCUT2D eigenvalue weighted by molar-refractivity contribution is 0.0681. The first-order valence-corrected chi connectivity index (χ1v) is 8.97. The van der Waals surface area contributed by atoms with E-state index in [0.29, 0.717) is 12.5 Å². The zero-order valence-electron chi connectivity index (χ0n) is 14.9. The average Bonchev–Trinajstić information content (AvgIpc) is 3.30. The number of fused-ring (bicyclic) bond motifs is 1. The summed E-state index contributed by atoms with van der Waals surface area (Å²) in [6, 6.07) is 7.83. The van der Waals surface area contributed by atoms with Crippen LogP contribution in [0.25, 0.3) is 10.9 Å². The Hall–Kier alpha value is -2.67. The van der Waals surface area contributed by atoms with Crippen molar-refractivity contribution < 1.29 is 9.53 Å². The first-order valence-electron chi connectivity index (χ1n) is 8.97. The standard InChI is InChI=1S/C19H23N5O2/c1-26-13-17-12-24(22-21-17)11-14-5-8-23(9-6-14)19(25)16-2-3-18-15(10-16)4-7-20-18/h2-4,7,10,12,14,20H,5-6,8-9,11,13H2,1H3. The second-order valence-corrected chi connectivity index (χ2v) is 6.88. The number of amides is 1. The molecule has 0 radical (unpaired) electrons. The number of nitrogens with one attached hydrogen (secondary N) is 1.